The highest BCUT2D eigenvalue weighted by Crippen LogP contribution is 2.24. The summed E-state index contributed by atoms with van der Waals surface area (Å²) in [5, 5.41) is 5.89. The molecule has 4 rings (SSSR count). The SMILES string of the molecule is CCC(Oc1ccc(-c2ccccc2)cc1)C(=O)Nc1ccccc1C(=O)NC(C)c1ccccc1. The van der Waals surface area contributed by atoms with E-state index in [1.807, 2.05) is 98.8 Å². The summed E-state index contributed by atoms with van der Waals surface area (Å²) in [5.41, 5.74) is 4.04. The molecule has 0 aliphatic heterocycles. The maximum Gasteiger partial charge on any atom is 0.265 e. The van der Waals surface area contributed by atoms with Gasteiger partial charge in [-0.1, -0.05) is 91.9 Å². The highest BCUT2D eigenvalue weighted by molar-refractivity contribution is 6.04. The van der Waals surface area contributed by atoms with E-state index in [4.69, 9.17) is 4.74 Å². The Bertz CT molecular complexity index is 1290. The molecule has 4 aromatic carbocycles. The second kappa shape index (κ2) is 11.8. The Hall–Kier alpha value is -4.38. The van der Waals surface area contributed by atoms with Gasteiger partial charge in [0, 0.05) is 0 Å². The molecular weight excluding hydrogens is 448 g/mol. The number of benzene rings is 4. The molecule has 0 saturated carbocycles. The van der Waals surface area contributed by atoms with Crippen LogP contribution in [0, 0.1) is 0 Å². The molecule has 2 amide bonds. The summed E-state index contributed by atoms with van der Waals surface area (Å²) in [4.78, 5) is 26.1. The summed E-state index contributed by atoms with van der Waals surface area (Å²) in [7, 11) is 0. The van der Waals surface area contributed by atoms with Crippen molar-refractivity contribution in [1.29, 1.82) is 0 Å². The van der Waals surface area contributed by atoms with Gasteiger partial charge in [-0.25, -0.2) is 0 Å². The number of para-hydroxylation sites is 1. The topological polar surface area (TPSA) is 67.4 Å². The van der Waals surface area contributed by atoms with Crippen molar-refractivity contribution in [1.82, 2.24) is 5.32 Å². The van der Waals surface area contributed by atoms with Gasteiger partial charge in [0.25, 0.3) is 11.8 Å². The zero-order chi connectivity index (χ0) is 25.3. The van der Waals surface area contributed by atoms with Gasteiger partial charge in [0.15, 0.2) is 6.10 Å². The predicted octanol–water partition coefficient (Wildman–Crippen LogP) is 6.64. The van der Waals surface area contributed by atoms with Crippen LogP contribution in [0.2, 0.25) is 0 Å². The van der Waals surface area contributed by atoms with E-state index < -0.39 is 6.10 Å². The van der Waals surface area contributed by atoms with Crippen LogP contribution in [-0.4, -0.2) is 17.9 Å². The molecule has 2 N–H and O–H groups in total. The van der Waals surface area contributed by atoms with Crippen LogP contribution in [0.4, 0.5) is 5.69 Å². The Morgan fingerprint density at radius 1 is 0.750 bits per heavy atom. The first-order chi connectivity index (χ1) is 17.5. The van der Waals surface area contributed by atoms with E-state index in [1.54, 1.807) is 24.3 Å². The molecule has 2 unspecified atom stereocenters. The van der Waals surface area contributed by atoms with Gasteiger partial charge in [-0.3, -0.25) is 9.59 Å². The third-order valence-corrected chi connectivity index (χ3v) is 5.98. The van der Waals surface area contributed by atoms with Gasteiger partial charge in [-0.15, -0.1) is 0 Å². The Balaban J connectivity index is 1.42. The van der Waals surface area contributed by atoms with Crippen LogP contribution >= 0.6 is 0 Å². The zero-order valence-corrected chi connectivity index (χ0v) is 20.5. The largest absolute Gasteiger partial charge is 0.481 e. The van der Waals surface area contributed by atoms with E-state index >= 15 is 0 Å². The van der Waals surface area contributed by atoms with E-state index in [9.17, 15) is 9.59 Å². The van der Waals surface area contributed by atoms with Crippen LogP contribution < -0.4 is 15.4 Å². The molecule has 5 nitrogen and oxygen atoms in total. The van der Waals surface area contributed by atoms with E-state index in [1.165, 1.54) is 0 Å². The van der Waals surface area contributed by atoms with Gasteiger partial charge in [-0.05, 0) is 54.3 Å². The fourth-order valence-corrected chi connectivity index (χ4v) is 3.95. The van der Waals surface area contributed by atoms with Crippen LogP contribution in [0.15, 0.2) is 109 Å². The van der Waals surface area contributed by atoms with Crippen molar-refractivity contribution in [2.24, 2.45) is 0 Å². The maximum absolute atomic E-state index is 13.1. The molecule has 0 aliphatic carbocycles. The van der Waals surface area contributed by atoms with Crippen LogP contribution in [-0.2, 0) is 4.79 Å². The zero-order valence-electron chi connectivity index (χ0n) is 20.5. The average Bonchev–Trinajstić information content (AvgIpc) is 2.93. The summed E-state index contributed by atoms with van der Waals surface area (Å²) in [6, 6.07) is 34.3. The number of ether oxygens (including phenoxy) is 1. The average molecular weight is 479 g/mol. The van der Waals surface area contributed by atoms with E-state index in [0.717, 1.165) is 16.7 Å². The number of carbonyl (C=O) groups excluding carboxylic acids is 2. The molecule has 2 atom stereocenters. The van der Waals surface area contributed by atoms with Gasteiger partial charge < -0.3 is 15.4 Å². The van der Waals surface area contributed by atoms with Gasteiger partial charge in [0.05, 0.1) is 17.3 Å². The number of anilines is 1. The van der Waals surface area contributed by atoms with Gasteiger partial charge in [0.2, 0.25) is 0 Å². The molecule has 0 radical (unpaired) electrons. The number of nitrogens with one attached hydrogen (secondary N) is 2. The summed E-state index contributed by atoms with van der Waals surface area (Å²) >= 11 is 0. The van der Waals surface area contributed by atoms with Crippen molar-refractivity contribution in [2.45, 2.75) is 32.4 Å². The van der Waals surface area contributed by atoms with E-state index in [0.29, 0.717) is 23.4 Å². The van der Waals surface area contributed by atoms with Gasteiger partial charge in [0.1, 0.15) is 5.75 Å². The van der Waals surface area contributed by atoms with Crippen molar-refractivity contribution < 1.29 is 14.3 Å². The lowest BCUT2D eigenvalue weighted by Crippen LogP contribution is -2.34. The molecule has 182 valence electrons. The predicted molar refractivity (Wildman–Crippen MR) is 144 cm³/mol. The van der Waals surface area contributed by atoms with E-state index in [2.05, 4.69) is 10.6 Å². The molecule has 0 spiro atoms. The highest BCUT2D eigenvalue weighted by Gasteiger charge is 2.22. The van der Waals surface area contributed by atoms with Gasteiger partial charge >= 0.3 is 0 Å². The number of hydrogen-bond donors (Lipinski definition) is 2. The Labute approximate surface area is 212 Å². The normalized spacial score (nSPS) is 12.3. The summed E-state index contributed by atoms with van der Waals surface area (Å²) < 4.78 is 6.00. The molecular formula is C31H30N2O3. The lowest BCUT2D eigenvalue weighted by Gasteiger charge is -2.19. The first-order valence-corrected chi connectivity index (χ1v) is 12.1. The van der Waals surface area contributed by atoms with Crippen LogP contribution in [0.25, 0.3) is 11.1 Å². The summed E-state index contributed by atoms with van der Waals surface area (Å²) in [5.74, 6) is 0.0492. The van der Waals surface area contributed by atoms with E-state index in [-0.39, 0.29) is 17.9 Å². The Morgan fingerprint density at radius 2 is 1.33 bits per heavy atom. The molecule has 0 heterocycles. The molecule has 36 heavy (non-hydrogen) atoms. The van der Waals surface area contributed by atoms with Crippen LogP contribution in [0.5, 0.6) is 5.75 Å². The quantitative estimate of drug-likeness (QED) is 0.283. The molecule has 0 saturated heterocycles. The third-order valence-electron chi connectivity index (χ3n) is 5.98. The second-order valence-electron chi connectivity index (χ2n) is 8.55. The van der Waals surface area contributed by atoms with Gasteiger partial charge in [-0.2, -0.15) is 0 Å². The smallest absolute Gasteiger partial charge is 0.265 e. The lowest BCUT2D eigenvalue weighted by atomic mass is 10.1. The highest BCUT2D eigenvalue weighted by atomic mass is 16.5. The van der Waals surface area contributed by atoms with Crippen molar-refractivity contribution in [3.05, 3.63) is 120 Å². The number of amides is 2. The standard InChI is InChI=1S/C31H30N2O3/c1-3-29(36-26-20-18-25(19-21-26)24-14-8-5-9-15-24)31(35)33-28-17-11-10-16-27(28)30(34)32-22(2)23-12-6-4-7-13-23/h4-22,29H,3H2,1-2H3,(H,32,34)(H,33,35). The summed E-state index contributed by atoms with van der Waals surface area (Å²) in [6.07, 6.45) is -0.224. The second-order valence-corrected chi connectivity index (χ2v) is 8.55. The Kier molecular flexibility index (Phi) is 8.14. The third kappa shape index (κ3) is 6.19. The van der Waals surface area contributed by atoms with Crippen molar-refractivity contribution in [3.8, 4) is 16.9 Å². The first kappa shape index (κ1) is 24.7. The molecule has 0 fully saturated rings. The molecule has 0 bridgehead atoms. The number of rotatable bonds is 9. The fraction of sp³-hybridized carbons (Fsp3) is 0.161. The van der Waals surface area contributed by atoms with Crippen molar-refractivity contribution in [3.63, 3.8) is 0 Å². The van der Waals surface area contributed by atoms with Crippen molar-refractivity contribution in [2.75, 3.05) is 5.32 Å². The summed E-state index contributed by atoms with van der Waals surface area (Å²) in [6.45, 7) is 3.82. The first-order valence-electron chi connectivity index (χ1n) is 12.1. The molecule has 0 aliphatic rings. The molecule has 0 aromatic heterocycles. The minimum atomic E-state index is -0.702. The minimum Gasteiger partial charge on any atom is -0.481 e. The fourth-order valence-electron chi connectivity index (χ4n) is 3.95. The maximum atomic E-state index is 13.1. The molecule has 4 aromatic rings. The van der Waals surface area contributed by atoms with Crippen molar-refractivity contribution >= 4 is 17.5 Å². The Morgan fingerprint density at radius 3 is 2.00 bits per heavy atom. The molecule has 5 heteroatoms. The number of carbonyl (C=O) groups is 2. The monoisotopic (exact) mass is 478 g/mol. The minimum absolute atomic E-state index is 0.173. The lowest BCUT2D eigenvalue weighted by molar-refractivity contribution is -0.122. The van der Waals surface area contributed by atoms with Crippen LogP contribution in [0.3, 0.4) is 0 Å². The number of hydrogen-bond acceptors (Lipinski definition) is 3. The van der Waals surface area contributed by atoms with Crippen LogP contribution in [0.1, 0.15) is 42.2 Å².